The van der Waals surface area contributed by atoms with E-state index < -0.39 is 0 Å². The van der Waals surface area contributed by atoms with Gasteiger partial charge in [-0.3, -0.25) is 4.68 Å². The predicted octanol–water partition coefficient (Wildman–Crippen LogP) is 1.22. The summed E-state index contributed by atoms with van der Waals surface area (Å²) in [6.45, 7) is 9.11. The lowest BCUT2D eigenvalue weighted by atomic mass is 9.84. The molecule has 0 saturated carbocycles. The summed E-state index contributed by atoms with van der Waals surface area (Å²) < 4.78 is 1.99. The van der Waals surface area contributed by atoms with Crippen LogP contribution in [0.3, 0.4) is 0 Å². The van der Waals surface area contributed by atoms with Crippen molar-refractivity contribution in [3.63, 3.8) is 0 Å². The third kappa shape index (κ3) is 2.08. The lowest BCUT2D eigenvalue weighted by Gasteiger charge is -2.45. The number of nitrogens with one attached hydrogen (secondary N) is 1. The molecule has 1 N–H and O–H groups in total. The van der Waals surface area contributed by atoms with E-state index in [-0.39, 0.29) is 0 Å². The highest BCUT2D eigenvalue weighted by Gasteiger charge is 2.33. The number of rotatable bonds is 3. The first kappa shape index (κ1) is 12.2. The van der Waals surface area contributed by atoms with Gasteiger partial charge in [-0.15, -0.1) is 0 Å². The fraction of sp³-hybridized carbons (Fsp3) is 0.786. The molecule has 18 heavy (non-hydrogen) atoms. The van der Waals surface area contributed by atoms with Gasteiger partial charge in [0.15, 0.2) is 0 Å². The quantitative estimate of drug-likeness (QED) is 0.873. The Labute approximate surface area is 109 Å². The van der Waals surface area contributed by atoms with E-state index in [9.17, 15) is 0 Å². The Morgan fingerprint density at radius 2 is 2.00 bits per heavy atom. The molecule has 4 heteroatoms. The van der Waals surface area contributed by atoms with E-state index >= 15 is 0 Å². The Morgan fingerprint density at radius 1 is 1.28 bits per heavy atom. The lowest BCUT2D eigenvalue weighted by molar-refractivity contribution is 0.0719. The highest BCUT2D eigenvalue weighted by atomic mass is 15.3. The van der Waals surface area contributed by atoms with E-state index in [1.165, 1.54) is 49.4 Å². The van der Waals surface area contributed by atoms with Gasteiger partial charge < -0.3 is 10.2 Å². The highest BCUT2D eigenvalue weighted by Crippen LogP contribution is 2.27. The number of hydrogen-bond acceptors (Lipinski definition) is 3. The zero-order chi connectivity index (χ0) is 12.7. The van der Waals surface area contributed by atoms with Crippen molar-refractivity contribution < 1.29 is 0 Å². The van der Waals surface area contributed by atoms with Crippen LogP contribution in [0.1, 0.15) is 29.8 Å². The van der Waals surface area contributed by atoms with E-state index in [0.29, 0.717) is 6.04 Å². The first-order valence-corrected chi connectivity index (χ1v) is 7.10. The van der Waals surface area contributed by atoms with Crippen LogP contribution in [0.15, 0.2) is 0 Å². The van der Waals surface area contributed by atoms with Crippen LogP contribution in [-0.2, 0) is 13.6 Å². The van der Waals surface area contributed by atoms with Crippen molar-refractivity contribution in [1.29, 1.82) is 0 Å². The maximum absolute atomic E-state index is 4.49. The summed E-state index contributed by atoms with van der Waals surface area (Å²) in [5.41, 5.74) is 3.85. The van der Waals surface area contributed by atoms with Gasteiger partial charge in [0.2, 0.25) is 0 Å². The molecule has 4 rings (SSSR count). The van der Waals surface area contributed by atoms with Crippen molar-refractivity contribution in [3.05, 3.63) is 17.0 Å². The molecule has 0 spiro atoms. The zero-order valence-electron chi connectivity index (χ0n) is 11.7. The molecule has 4 nitrogen and oxygen atoms in total. The van der Waals surface area contributed by atoms with Gasteiger partial charge in [-0.2, -0.15) is 5.10 Å². The minimum absolute atomic E-state index is 0.687. The van der Waals surface area contributed by atoms with E-state index in [1.807, 2.05) is 11.7 Å². The van der Waals surface area contributed by atoms with Gasteiger partial charge in [0.1, 0.15) is 0 Å². The number of piperidine rings is 3. The van der Waals surface area contributed by atoms with Gasteiger partial charge in [-0.1, -0.05) is 0 Å². The van der Waals surface area contributed by atoms with Gasteiger partial charge in [-0.05, 0) is 45.7 Å². The Kier molecular flexibility index (Phi) is 3.16. The molecule has 0 radical (unpaired) electrons. The Balaban J connectivity index is 1.64. The minimum Gasteiger partial charge on any atom is -0.308 e. The van der Waals surface area contributed by atoms with Gasteiger partial charge in [-0.25, -0.2) is 0 Å². The van der Waals surface area contributed by atoms with Crippen molar-refractivity contribution >= 4 is 0 Å². The summed E-state index contributed by atoms with van der Waals surface area (Å²) >= 11 is 0. The number of hydrogen-bond donors (Lipinski definition) is 1. The fourth-order valence-electron chi connectivity index (χ4n) is 3.50. The standard InChI is InChI=1S/C14H24N4/c1-10-13(11(2)17(3)16-10)8-15-14-9-18-6-4-12(14)5-7-18/h12,14-15H,4-9H2,1-3H3. The molecule has 3 aliphatic heterocycles. The van der Waals surface area contributed by atoms with Crippen LogP contribution in [0.4, 0.5) is 0 Å². The van der Waals surface area contributed by atoms with E-state index in [2.05, 4.69) is 29.2 Å². The molecule has 1 aromatic rings. The molecule has 0 aliphatic carbocycles. The monoisotopic (exact) mass is 248 g/mol. The molecular formula is C14H24N4. The first-order valence-electron chi connectivity index (χ1n) is 7.10. The number of aryl methyl sites for hydroxylation is 2. The number of fused-ring (bicyclic) bond motifs is 3. The van der Waals surface area contributed by atoms with Gasteiger partial charge >= 0.3 is 0 Å². The largest absolute Gasteiger partial charge is 0.308 e. The molecular weight excluding hydrogens is 224 g/mol. The summed E-state index contributed by atoms with van der Waals surface area (Å²) in [5.74, 6) is 0.896. The summed E-state index contributed by atoms with van der Waals surface area (Å²) in [4.78, 5) is 2.60. The third-order valence-electron chi connectivity index (χ3n) is 4.86. The average molecular weight is 248 g/mol. The first-order chi connectivity index (χ1) is 8.65. The molecule has 4 heterocycles. The summed E-state index contributed by atoms with van der Waals surface area (Å²) in [6, 6.07) is 0.687. The molecule has 1 aromatic heterocycles. The number of nitrogens with zero attached hydrogens (tertiary/aromatic N) is 3. The second-order valence-electron chi connectivity index (χ2n) is 5.90. The van der Waals surface area contributed by atoms with Crippen molar-refractivity contribution in [2.45, 2.75) is 39.3 Å². The number of aromatic nitrogens is 2. The normalized spacial score (nSPS) is 30.9. The molecule has 1 atom stereocenters. The summed E-state index contributed by atoms with van der Waals surface area (Å²) in [7, 11) is 2.03. The van der Waals surface area contributed by atoms with Crippen LogP contribution in [0.2, 0.25) is 0 Å². The fourth-order valence-corrected chi connectivity index (χ4v) is 3.50. The van der Waals surface area contributed by atoms with Gasteiger partial charge in [0, 0.05) is 37.4 Å². The maximum atomic E-state index is 4.49. The second kappa shape index (κ2) is 4.67. The van der Waals surface area contributed by atoms with Crippen molar-refractivity contribution in [2.24, 2.45) is 13.0 Å². The van der Waals surface area contributed by atoms with Crippen LogP contribution in [-0.4, -0.2) is 40.4 Å². The smallest absolute Gasteiger partial charge is 0.0641 e. The van der Waals surface area contributed by atoms with Gasteiger partial charge in [0.05, 0.1) is 5.69 Å². The topological polar surface area (TPSA) is 33.1 Å². The summed E-state index contributed by atoms with van der Waals surface area (Å²) in [5, 5.41) is 8.26. The molecule has 2 bridgehead atoms. The van der Waals surface area contributed by atoms with Crippen LogP contribution < -0.4 is 5.32 Å². The van der Waals surface area contributed by atoms with Crippen molar-refractivity contribution in [2.75, 3.05) is 19.6 Å². The van der Waals surface area contributed by atoms with Crippen molar-refractivity contribution in [1.82, 2.24) is 20.0 Å². The lowest BCUT2D eigenvalue weighted by Crippen LogP contribution is -2.55. The third-order valence-corrected chi connectivity index (χ3v) is 4.86. The van der Waals surface area contributed by atoms with Crippen molar-refractivity contribution in [3.8, 4) is 0 Å². The molecule has 1 unspecified atom stereocenters. The average Bonchev–Trinajstić information content (AvgIpc) is 2.63. The van der Waals surface area contributed by atoms with Crippen LogP contribution in [0, 0.1) is 19.8 Å². The molecule has 3 fully saturated rings. The van der Waals surface area contributed by atoms with Crippen LogP contribution in [0.25, 0.3) is 0 Å². The summed E-state index contributed by atoms with van der Waals surface area (Å²) in [6.07, 6.45) is 2.76. The molecule has 0 amide bonds. The minimum atomic E-state index is 0.687. The zero-order valence-corrected chi connectivity index (χ0v) is 11.7. The maximum Gasteiger partial charge on any atom is 0.0641 e. The Hall–Kier alpha value is -0.870. The predicted molar refractivity (Wildman–Crippen MR) is 72.5 cm³/mol. The highest BCUT2D eigenvalue weighted by molar-refractivity contribution is 5.24. The van der Waals surface area contributed by atoms with Gasteiger partial charge in [0.25, 0.3) is 0 Å². The molecule has 3 saturated heterocycles. The Bertz CT molecular complexity index is 429. The van der Waals surface area contributed by atoms with Crippen LogP contribution >= 0.6 is 0 Å². The van der Waals surface area contributed by atoms with E-state index in [0.717, 1.165) is 12.5 Å². The van der Waals surface area contributed by atoms with E-state index in [4.69, 9.17) is 0 Å². The van der Waals surface area contributed by atoms with Crippen LogP contribution in [0.5, 0.6) is 0 Å². The SMILES string of the molecule is Cc1nn(C)c(C)c1CNC1CN2CCC1CC2. The molecule has 100 valence electrons. The molecule has 3 aliphatic rings. The molecule has 0 aromatic carbocycles. The van der Waals surface area contributed by atoms with E-state index in [1.54, 1.807) is 0 Å². The second-order valence-corrected chi connectivity index (χ2v) is 5.90. The Morgan fingerprint density at radius 3 is 2.50 bits per heavy atom.